The lowest BCUT2D eigenvalue weighted by Gasteiger charge is -2.29. The molecule has 0 radical (unpaired) electrons. The molecule has 1 aliphatic heterocycles. The van der Waals surface area contributed by atoms with Crippen LogP contribution in [0.3, 0.4) is 0 Å². The molecule has 32 heavy (non-hydrogen) atoms. The van der Waals surface area contributed by atoms with E-state index in [1.807, 2.05) is 49.7 Å². The first kappa shape index (κ1) is 20.1. The molecule has 8 nitrogen and oxygen atoms in total. The van der Waals surface area contributed by atoms with Gasteiger partial charge >= 0.3 is 6.09 Å². The third kappa shape index (κ3) is 4.03. The highest BCUT2D eigenvalue weighted by molar-refractivity contribution is 5.94. The molecule has 0 atom stereocenters. The molecule has 0 saturated carbocycles. The number of amides is 1. The van der Waals surface area contributed by atoms with Crippen LogP contribution in [0.1, 0.15) is 32.9 Å². The zero-order valence-electron chi connectivity index (χ0n) is 18.4. The molecule has 164 valence electrons. The summed E-state index contributed by atoms with van der Waals surface area (Å²) < 4.78 is 7.46. The molecule has 0 spiro atoms. The third-order valence-electron chi connectivity index (χ3n) is 5.43. The minimum absolute atomic E-state index is 0.271. The molecule has 2 N–H and O–H groups in total. The molecule has 5 rings (SSSR count). The quantitative estimate of drug-likeness (QED) is 0.479. The summed E-state index contributed by atoms with van der Waals surface area (Å²) in [6, 6.07) is 8.17. The molecule has 0 aliphatic carbocycles. The second kappa shape index (κ2) is 7.71. The van der Waals surface area contributed by atoms with E-state index in [4.69, 9.17) is 4.74 Å². The van der Waals surface area contributed by atoms with E-state index in [1.54, 1.807) is 17.4 Å². The Bertz CT molecular complexity index is 1330. The summed E-state index contributed by atoms with van der Waals surface area (Å²) in [6.07, 6.45) is 9.96. The number of nitrogens with one attached hydrogen (secondary N) is 2. The fraction of sp³-hybridized carbons (Fsp3) is 0.292. The average molecular weight is 431 g/mol. The van der Waals surface area contributed by atoms with Gasteiger partial charge in [0, 0.05) is 42.3 Å². The van der Waals surface area contributed by atoms with Gasteiger partial charge in [-0.3, -0.25) is 0 Å². The molecular weight excluding hydrogens is 404 g/mol. The first-order valence-electron chi connectivity index (χ1n) is 10.7. The summed E-state index contributed by atoms with van der Waals surface area (Å²) in [4.78, 5) is 26.2. The fourth-order valence-electron chi connectivity index (χ4n) is 3.87. The van der Waals surface area contributed by atoms with Gasteiger partial charge in [-0.25, -0.2) is 14.8 Å². The molecule has 0 bridgehead atoms. The molecule has 8 heteroatoms. The van der Waals surface area contributed by atoms with Crippen molar-refractivity contribution in [3.8, 4) is 0 Å². The number of aromatic amines is 1. The van der Waals surface area contributed by atoms with E-state index in [2.05, 4.69) is 38.5 Å². The van der Waals surface area contributed by atoms with Crippen LogP contribution in [-0.4, -0.2) is 49.0 Å². The molecule has 0 aromatic carbocycles. The Kier molecular flexibility index (Phi) is 4.84. The van der Waals surface area contributed by atoms with Crippen LogP contribution in [0.15, 0.2) is 55.3 Å². The maximum absolute atomic E-state index is 12.3. The summed E-state index contributed by atoms with van der Waals surface area (Å²) in [5.41, 5.74) is 5.52. The summed E-state index contributed by atoms with van der Waals surface area (Å²) in [7, 11) is 0. The summed E-state index contributed by atoms with van der Waals surface area (Å²) >= 11 is 0. The highest BCUT2D eigenvalue weighted by Gasteiger charge is 2.24. The number of hydrogen-bond acceptors (Lipinski definition) is 5. The van der Waals surface area contributed by atoms with Crippen LogP contribution in [0.2, 0.25) is 0 Å². The predicted octanol–water partition coefficient (Wildman–Crippen LogP) is 4.98. The minimum Gasteiger partial charge on any atom is -0.444 e. The Morgan fingerprint density at radius 1 is 1.25 bits per heavy atom. The zero-order chi connectivity index (χ0) is 22.3. The number of carbonyl (C=O) groups excluding carboxylic acids is 1. The number of H-pyrrole nitrogens is 1. The molecule has 5 heterocycles. The smallest absolute Gasteiger partial charge is 0.410 e. The van der Waals surface area contributed by atoms with Crippen LogP contribution >= 0.6 is 0 Å². The number of fused-ring (bicyclic) bond motifs is 2. The van der Waals surface area contributed by atoms with Crippen molar-refractivity contribution >= 4 is 39.6 Å². The Balaban J connectivity index is 1.37. The number of imidazole rings is 1. The maximum Gasteiger partial charge on any atom is 0.410 e. The van der Waals surface area contributed by atoms with Crippen molar-refractivity contribution in [2.75, 3.05) is 18.4 Å². The lowest BCUT2D eigenvalue weighted by Crippen LogP contribution is -2.39. The molecule has 4 aromatic heterocycles. The van der Waals surface area contributed by atoms with Crippen LogP contribution in [-0.2, 0) is 4.74 Å². The van der Waals surface area contributed by atoms with Gasteiger partial charge in [-0.05, 0) is 57.0 Å². The summed E-state index contributed by atoms with van der Waals surface area (Å²) in [6.45, 7) is 6.80. The largest absolute Gasteiger partial charge is 0.444 e. The molecule has 0 fully saturated rings. The van der Waals surface area contributed by atoms with Gasteiger partial charge < -0.3 is 24.3 Å². The third-order valence-corrected chi connectivity index (χ3v) is 5.43. The number of rotatable bonds is 3. The van der Waals surface area contributed by atoms with Gasteiger partial charge in [-0.2, -0.15) is 0 Å². The van der Waals surface area contributed by atoms with E-state index in [-0.39, 0.29) is 6.09 Å². The number of carbonyl (C=O) groups is 1. The fourth-order valence-corrected chi connectivity index (χ4v) is 3.87. The van der Waals surface area contributed by atoms with Gasteiger partial charge in [-0.1, -0.05) is 6.08 Å². The Morgan fingerprint density at radius 3 is 2.91 bits per heavy atom. The maximum atomic E-state index is 12.3. The van der Waals surface area contributed by atoms with E-state index in [9.17, 15) is 4.79 Å². The van der Waals surface area contributed by atoms with Crippen molar-refractivity contribution in [1.82, 2.24) is 24.3 Å². The molecule has 1 amide bonds. The minimum atomic E-state index is -0.490. The van der Waals surface area contributed by atoms with Crippen LogP contribution in [0.5, 0.6) is 0 Å². The summed E-state index contributed by atoms with van der Waals surface area (Å²) in [5, 5.41) is 4.52. The van der Waals surface area contributed by atoms with Gasteiger partial charge in [0.2, 0.25) is 0 Å². The van der Waals surface area contributed by atoms with Crippen LogP contribution in [0.25, 0.3) is 22.1 Å². The van der Waals surface area contributed by atoms with E-state index < -0.39 is 5.60 Å². The predicted molar refractivity (Wildman–Crippen MR) is 125 cm³/mol. The second-order valence-electron chi connectivity index (χ2n) is 8.98. The molecule has 1 aliphatic rings. The van der Waals surface area contributed by atoms with Crippen LogP contribution in [0, 0.1) is 0 Å². The number of nitrogens with zero attached hydrogens (tertiary/aromatic N) is 4. The van der Waals surface area contributed by atoms with E-state index in [0.717, 1.165) is 40.0 Å². The van der Waals surface area contributed by atoms with Crippen molar-refractivity contribution < 1.29 is 9.53 Å². The van der Waals surface area contributed by atoms with Crippen molar-refractivity contribution in [3.63, 3.8) is 0 Å². The average Bonchev–Trinajstić information content (AvgIpc) is 3.40. The standard InChI is InChI=1S/C24H26N6O2/c1-24(2,3)32-23(31)29-9-5-16(6-10-29)21-13-19-20(4-8-26-22(19)28-21)27-17-7-11-30-15-25-14-18(30)12-17/h4-5,7-8,11-15H,6,9-10H2,1-3H3,(H2,26,27,28). The Labute approximate surface area is 185 Å². The number of ether oxygens (including phenoxy) is 1. The van der Waals surface area contributed by atoms with Gasteiger partial charge in [0.15, 0.2) is 0 Å². The molecule has 4 aromatic rings. The van der Waals surface area contributed by atoms with Gasteiger partial charge in [0.25, 0.3) is 0 Å². The lowest BCUT2D eigenvalue weighted by atomic mass is 10.0. The second-order valence-corrected chi connectivity index (χ2v) is 8.98. The van der Waals surface area contributed by atoms with Crippen LogP contribution < -0.4 is 5.32 Å². The van der Waals surface area contributed by atoms with Gasteiger partial charge in [-0.15, -0.1) is 0 Å². The molecule has 0 saturated heterocycles. The van der Waals surface area contributed by atoms with Crippen molar-refractivity contribution in [2.24, 2.45) is 0 Å². The van der Waals surface area contributed by atoms with E-state index in [0.29, 0.717) is 13.1 Å². The van der Waals surface area contributed by atoms with E-state index >= 15 is 0 Å². The van der Waals surface area contributed by atoms with Crippen molar-refractivity contribution in [2.45, 2.75) is 32.8 Å². The first-order valence-corrected chi connectivity index (χ1v) is 10.7. The number of pyridine rings is 2. The molecule has 0 unspecified atom stereocenters. The highest BCUT2D eigenvalue weighted by Crippen LogP contribution is 2.30. The highest BCUT2D eigenvalue weighted by atomic mass is 16.6. The van der Waals surface area contributed by atoms with Crippen molar-refractivity contribution in [3.05, 3.63) is 61.0 Å². The zero-order valence-corrected chi connectivity index (χ0v) is 18.4. The van der Waals surface area contributed by atoms with Gasteiger partial charge in [0.1, 0.15) is 11.2 Å². The Morgan fingerprint density at radius 2 is 2.12 bits per heavy atom. The van der Waals surface area contributed by atoms with E-state index in [1.165, 1.54) is 5.57 Å². The van der Waals surface area contributed by atoms with Crippen molar-refractivity contribution in [1.29, 1.82) is 0 Å². The van der Waals surface area contributed by atoms with Crippen LogP contribution in [0.4, 0.5) is 16.2 Å². The Hall–Kier alpha value is -3.81. The van der Waals surface area contributed by atoms with Gasteiger partial charge in [0.05, 0.1) is 23.7 Å². The monoisotopic (exact) mass is 430 g/mol. The normalized spacial score (nSPS) is 14.6. The topological polar surface area (TPSA) is 87.6 Å². The number of aromatic nitrogens is 4. The SMILES string of the molecule is CC(C)(C)OC(=O)N1CC=C(c2cc3c(Nc4ccn5cncc5c4)ccnc3[nH]2)CC1. The number of hydrogen-bond donors (Lipinski definition) is 2. The number of anilines is 2. The first-order chi connectivity index (χ1) is 15.4. The lowest BCUT2D eigenvalue weighted by molar-refractivity contribution is 0.0270. The summed E-state index contributed by atoms with van der Waals surface area (Å²) in [5.74, 6) is 0. The molecular formula is C24H26N6O2.